The van der Waals surface area contributed by atoms with Gasteiger partial charge < -0.3 is 4.74 Å². The third-order valence-electron chi connectivity index (χ3n) is 1.64. The predicted molar refractivity (Wildman–Crippen MR) is 55.3 cm³/mol. The van der Waals surface area contributed by atoms with E-state index in [4.69, 9.17) is 11.6 Å². The molecule has 0 saturated heterocycles. The smallest absolute Gasteiger partial charge is 0.293 e. The summed E-state index contributed by atoms with van der Waals surface area (Å²) in [5.41, 5.74) is 0.781. The lowest BCUT2D eigenvalue weighted by Crippen LogP contribution is -2.05. The molecule has 1 aromatic heterocycles. The van der Waals surface area contributed by atoms with Crippen molar-refractivity contribution >= 4 is 29.8 Å². The van der Waals surface area contributed by atoms with Crippen molar-refractivity contribution in [3.8, 4) is 0 Å². The molecule has 0 fully saturated rings. The summed E-state index contributed by atoms with van der Waals surface area (Å²) in [6, 6.07) is 0. The number of rotatable bonds is 5. The van der Waals surface area contributed by atoms with Crippen LogP contribution in [-0.4, -0.2) is 29.3 Å². The summed E-state index contributed by atoms with van der Waals surface area (Å²) in [6.07, 6.45) is 4.91. The maximum absolute atomic E-state index is 10.0. The average molecular weight is 233 g/mol. The van der Waals surface area contributed by atoms with E-state index in [0.717, 1.165) is 5.56 Å². The van der Waals surface area contributed by atoms with E-state index < -0.39 is 0 Å². The monoisotopic (exact) mass is 232 g/mol. The second kappa shape index (κ2) is 5.82. The molecule has 0 radical (unpaired) electrons. The van der Waals surface area contributed by atoms with Crippen LogP contribution in [0.1, 0.15) is 10.8 Å². The fourth-order valence-electron chi connectivity index (χ4n) is 0.953. The molecule has 0 spiro atoms. The topological polar surface area (TPSA) is 52.1 Å². The molecular formula is C8H9ClN2O2S. The first-order chi connectivity index (χ1) is 6.79. The quantitative estimate of drug-likeness (QED) is 0.572. The molecule has 14 heavy (non-hydrogen) atoms. The molecule has 0 saturated carbocycles. The normalized spacial score (nSPS) is 12.1. The molecule has 0 aromatic carbocycles. The molecule has 76 valence electrons. The highest BCUT2D eigenvalue weighted by Crippen LogP contribution is 2.29. The number of hydrogen-bond acceptors (Lipinski definition) is 5. The van der Waals surface area contributed by atoms with E-state index in [1.807, 2.05) is 6.26 Å². The highest BCUT2D eigenvalue weighted by atomic mass is 35.5. The van der Waals surface area contributed by atoms with Crippen LogP contribution in [0.25, 0.3) is 0 Å². The zero-order valence-corrected chi connectivity index (χ0v) is 9.09. The van der Waals surface area contributed by atoms with Crippen molar-refractivity contribution in [2.24, 2.45) is 0 Å². The molecule has 0 N–H and O–H groups in total. The van der Waals surface area contributed by atoms with Crippen LogP contribution in [0.5, 0.6) is 0 Å². The Bertz CT molecular complexity index is 311. The number of carbonyl (C=O) groups excluding carboxylic acids is 1. The van der Waals surface area contributed by atoms with Crippen LogP contribution in [0.3, 0.4) is 0 Å². The van der Waals surface area contributed by atoms with Gasteiger partial charge in [0.15, 0.2) is 0 Å². The van der Waals surface area contributed by atoms with Crippen molar-refractivity contribution in [2.75, 3.05) is 12.9 Å². The molecule has 1 rings (SSSR count). The minimum Gasteiger partial charge on any atom is -0.466 e. The molecule has 6 heteroatoms. The largest absolute Gasteiger partial charge is 0.466 e. The van der Waals surface area contributed by atoms with Gasteiger partial charge in [0.25, 0.3) is 6.47 Å². The van der Waals surface area contributed by atoms with Gasteiger partial charge in [-0.05, 0) is 6.26 Å². The summed E-state index contributed by atoms with van der Waals surface area (Å²) in [6.45, 7) is 0.693. The van der Waals surface area contributed by atoms with Gasteiger partial charge in [-0.2, -0.15) is 11.8 Å². The number of aromatic nitrogens is 2. The maximum Gasteiger partial charge on any atom is 0.293 e. The highest BCUT2D eigenvalue weighted by molar-refractivity contribution is 7.98. The molecule has 1 atom stereocenters. The van der Waals surface area contributed by atoms with Crippen molar-refractivity contribution in [1.29, 1.82) is 0 Å². The first-order valence-electron chi connectivity index (χ1n) is 3.83. The van der Waals surface area contributed by atoms with Crippen LogP contribution in [0.2, 0.25) is 5.15 Å². The fraction of sp³-hybridized carbons (Fsp3) is 0.375. The SMILES string of the molecule is CSC(COC=O)c1cncnc1Cl. The van der Waals surface area contributed by atoms with Gasteiger partial charge in [0.05, 0.1) is 5.25 Å². The van der Waals surface area contributed by atoms with Crippen molar-refractivity contribution < 1.29 is 9.53 Å². The number of halogens is 1. The van der Waals surface area contributed by atoms with Crippen LogP contribution in [0, 0.1) is 0 Å². The van der Waals surface area contributed by atoms with E-state index in [1.54, 1.807) is 6.20 Å². The number of nitrogens with zero attached hydrogens (tertiary/aromatic N) is 2. The first kappa shape index (κ1) is 11.3. The zero-order chi connectivity index (χ0) is 10.4. The van der Waals surface area contributed by atoms with Crippen LogP contribution in [0.4, 0.5) is 0 Å². The van der Waals surface area contributed by atoms with E-state index in [1.165, 1.54) is 18.1 Å². The Kier molecular flexibility index (Phi) is 4.69. The third-order valence-corrected chi connectivity index (χ3v) is 2.91. The summed E-state index contributed by atoms with van der Waals surface area (Å²) in [7, 11) is 0. The van der Waals surface area contributed by atoms with Crippen molar-refractivity contribution in [1.82, 2.24) is 9.97 Å². The Hall–Kier alpha value is -0.810. The van der Waals surface area contributed by atoms with Crippen LogP contribution in [-0.2, 0) is 9.53 Å². The van der Waals surface area contributed by atoms with Crippen molar-refractivity contribution in [3.05, 3.63) is 23.2 Å². The summed E-state index contributed by atoms with van der Waals surface area (Å²) in [4.78, 5) is 17.8. The molecule has 4 nitrogen and oxygen atoms in total. The Labute approximate surface area is 91.0 Å². The molecule has 0 aliphatic rings. The Balaban J connectivity index is 2.78. The minimum atomic E-state index is -0.0195. The van der Waals surface area contributed by atoms with E-state index in [0.29, 0.717) is 11.6 Å². The molecule has 1 heterocycles. The van der Waals surface area contributed by atoms with Crippen LogP contribution in [0.15, 0.2) is 12.5 Å². The first-order valence-corrected chi connectivity index (χ1v) is 5.49. The van der Waals surface area contributed by atoms with Gasteiger partial charge >= 0.3 is 0 Å². The molecule has 0 aliphatic carbocycles. The fourth-order valence-corrected chi connectivity index (χ4v) is 1.88. The van der Waals surface area contributed by atoms with Crippen LogP contribution >= 0.6 is 23.4 Å². The van der Waals surface area contributed by atoms with Gasteiger partial charge in [0.1, 0.15) is 18.1 Å². The minimum absolute atomic E-state index is 0.0195. The van der Waals surface area contributed by atoms with Gasteiger partial charge in [-0.25, -0.2) is 9.97 Å². The van der Waals surface area contributed by atoms with Crippen molar-refractivity contribution in [2.45, 2.75) is 5.25 Å². The van der Waals surface area contributed by atoms with Crippen LogP contribution < -0.4 is 0 Å². The number of ether oxygens (including phenoxy) is 1. The molecular weight excluding hydrogens is 224 g/mol. The molecule has 0 aliphatic heterocycles. The number of carbonyl (C=O) groups is 1. The Morgan fingerprint density at radius 1 is 1.79 bits per heavy atom. The van der Waals surface area contributed by atoms with Gasteiger partial charge in [-0.3, -0.25) is 4.79 Å². The van der Waals surface area contributed by atoms with E-state index in [9.17, 15) is 4.79 Å². The molecule has 1 aromatic rings. The lowest BCUT2D eigenvalue weighted by molar-refractivity contribution is -0.128. The van der Waals surface area contributed by atoms with Gasteiger partial charge in [-0.15, -0.1) is 0 Å². The number of hydrogen-bond donors (Lipinski definition) is 0. The Morgan fingerprint density at radius 3 is 3.14 bits per heavy atom. The lowest BCUT2D eigenvalue weighted by Gasteiger charge is -2.13. The third kappa shape index (κ3) is 2.85. The molecule has 0 bridgehead atoms. The maximum atomic E-state index is 10.0. The second-order valence-electron chi connectivity index (χ2n) is 2.42. The summed E-state index contributed by atoms with van der Waals surface area (Å²) < 4.78 is 4.68. The lowest BCUT2D eigenvalue weighted by atomic mass is 10.2. The molecule has 1 unspecified atom stereocenters. The van der Waals surface area contributed by atoms with Crippen molar-refractivity contribution in [3.63, 3.8) is 0 Å². The highest BCUT2D eigenvalue weighted by Gasteiger charge is 2.14. The number of thioether (sulfide) groups is 1. The average Bonchev–Trinajstić information content (AvgIpc) is 2.21. The summed E-state index contributed by atoms with van der Waals surface area (Å²) in [5.74, 6) is 0. The Morgan fingerprint density at radius 2 is 2.57 bits per heavy atom. The van der Waals surface area contributed by atoms with Gasteiger partial charge in [0.2, 0.25) is 0 Å². The standard InChI is InChI=1S/C8H9ClN2O2S/c1-14-7(3-13-5-12)6-2-10-4-11-8(6)9/h2,4-5,7H,3H2,1H3. The molecule has 0 amide bonds. The second-order valence-corrected chi connectivity index (χ2v) is 3.82. The van der Waals surface area contributed by atoms with E-state index in [-0.39, 0.29) is 11.9 Å². The summed E-state index contributed by atoms with van der Waals surface area (Å²) >= 11 is 7.40. The zero-order valence-electron chi connectivity index (χ0n) is 7.51. The van der Waals surface area contributed by atoms with Gasteiger partial charge in [0, 0.05) is 11.8 Å². The predicted octanol–water partition coefficient (Wildman–Crippen LogP) is 1.71. The van der Waals surface area contributed by atoms with E-state index >= 15 is 0 Å². The van der Waals surface area contributed by atoms with Gasteiger partial charge in [-0.1, -0.05) is 11.6 Å². The summed E-state index contributed by atoms with van der Waals surface area (Å²) in [5, 5.41) is 0.378. The van der Waals surface area contributed by atoms with E-state index in [2.05, 4.69) is 14.7 Å².